The summed E-state index contributed by atoms with van der Waals surface area (Å²) in [6.45, 7) is 5.28. The molecule has 3 heteroatoms. The SMILES string of the molecule is CC(C)(COCc1ccc(F)c(Oc2ccccc2)c1)c1ccccc1. The minimum Gasteiger partial charge on any atom is -0.454 e. The molecular weight excluding hydrogens is 327 g/mol. The molecule has 3 rings (SSSR count). The first-order valence-corrected chi connectivity index (χ1v) is 8.69. The van der Waals surface area contributed by atoms with Crippen LogP contribution in [0, 0.1) is 5.82 Å². The highest BCUT2D eigenvalue weighted by Crippen LogP contribution is 2.27. The van der Waals surface area contributed by atoms with Crippen molar-refractivity contribution in [2.75, 3.05) is 6.61 Å². The molecule has 0 fully saturated rings. The smallest absolute Gasteiger partial charge is 0.165 e. The van der Waals surface area contributed by atoms with E-state index in [9.17, 15) is 4.39 Å². The normalized spacial score (nSPS) is 11.3. The molecule has 26 heavy (non-hydrogen) atoms. The van der Waals surface area contributed by atoms with Gasteiger partial charge in [-0.3, -0.25) is 0 Å². The van der Waals surface area contributed by atoms with Crippen LogP contribution in [-0.4, -0.2) is 6.61 Å². The fraction of sp³-hybridized carbons (Fsp3) is 0.217. The van der Waals surface area contributed by atoms with Gasteiger partial charge in [0.05, 0.1) is 13.2 Å². The van der Waals surface area contributed by atoms with Crippen LogP contribution in [0.4, 0.5) is 4.39 Å². The molecule has 3 aromatic carbocycles. The third-order valence-corrected chi connectivity index (χ3v) is 4.25. The Morgan fingerprint density at radius 1 is 0.846 bits per heavy atom. The molecule has 2 nitrogen and oxygen atoms in total. The maximum Gasteiger partial charge on any atom is 0.165 e. The van der Waals surface area contributed by atoms with Crippen molar-refractivity contribution in [3.63, 3.8) is 0 Å². The summed E-state index contributed by atoms with van der Waals surface area (Å²) in [5.41, 5.74) is 2.01. The molecule has 0 N–H and O–H groups in total. The second-order valence-electron chi connectivity index (χ2n) is 6.92. The van der Waals surface area contributed by atoms with Crippen molar-refractivity contribution >= 4 is 0 Å². The van der Waals surface area contributed by atoms with Gasteiger partial charge in [-0.25, -0.2) is 4.39 Å². The molecular formula is C23H23FO2. The number of hydrogen-bond acceptors (Lipinski definition) is 2. The predicted octanol–water partition coefficient (Wildman–Crippen LogP) is 6.11. The topological polar surface area (TPSA) is 18.5 Å². The molecule has 134 valence electrons. The van der Waals surface area contributed by atoms with Crippen LogP contribution in [0.5, 0.6) is 11.5 Å². The Bertz CT molecular complexity index is 829. The van der Waals surface area contributed by atoms with Crippen LogP contribution >= 0.6 is 0 Å². The van der Waals surface area contributed by atoms with Crippen molar-refractivity contribution in [3.8, 4) is 11.5 Å². The number of benzene rings is 3. The highest BCUT2D eigenvalue weighted by atomic mass is 19.1. The Balaban J connectivity index is 1.63. The third kappa shape index (κ3) is 4.70. The second-order valence-corrected chi connectivity index (χ2v) is 6.92. The standard InChI is InChI=1S/C23H23FO2/c1-23(2,19-9-5-3-6-10-19)17-25-16-18-13-14-21(24)22(15-18)26-20-11-7-4-8-12-20/h3-15H,16-17H2,1-2H3. The lowest BCUT2D eigenvalue weighted by Crippen LogP contribution is -2.24. The van der Waals surface area contributed by atoms with Gasteiger partial charge in [-0.05, 0) is 35.4 Å². The summed E-state index contributed by atoms with van der Waals surface area (Å²) < 4.78 is 25.6. The van der Waals surface area contributed by atoms with Gasteiger partial charge in [0.25, 0.3) is 0 Å². The van der Waals surface area contributed by atoms with Crippen molar-refractivity contribution in [2.24, 2.45) is 0 Å². The third-order valence-electron chi connectivity index (χ3n) is 4.25. The molecule has 0 heterocycles. The monoisotopic (exact) mass is 350 g/mol. The van der Waals surface area contributed by atoms with Crippen LogP contribution in [0.2, 0.25) is 0 Å². The fourth-order valence-electron chi connectivity index (χ4n) is 2.73. The Labute approximate surface area is 154 Å². The van der Waals surface area contributed by atoms with Crippen LogP contribution in [0.25, 0.3) is 0 Å². The summed E-state index contributed by atoms with van der Waals surface area (Å²) in [5, 5.41) is 0. The average Bonchev–Trinajstić information content (AvgIpc) is 2.66. The minimum atomic E-state index is -0.387. The van der Waals surface area contributed by atoms with E-state index in [2.05, 4.69) is 26.0 Å². The van der Waals surface area contributed by atoms with E-state index in [4.69, 9.17) is 9.47 Å². The van der Waals surface area contributed by atoms with Crippen molar-refractivity contribution in [1.82, 2.24) is 0 Å². The van der Waals surface area contributed by atoms with Gasteiger partial charge >= 0.3 is 0 Å². The van der Waals surface area contributed by atoms with Crippen LogP contribution in [-0.2, 0) is 16.8 Å². The van der Waals surface area contributed by atoms with Gasteiger partial charge in [0, 0.05) is 5.41 Å². The molecule has 0 aliphatic carbocycles. The number of rotatable bonds is 7. The van der Waals surface area contributed by atoms with E-state index >= 15 is 0 Å². The van der Waals surface area contributed by atoms with Gasteiger partial charge < -0.3 is 9.47 Å². The molecule has 3 aromatic rings. The van der Waals surface area contributed by atoms with E-state index in [1.807, 2.05) is 36.4 Å². The zero-order chi connectivity index (χ0) is 18.4. The summed E-state index contributed by atoms with van der Waals surface area (Å²) in [6, 6.07) is 24.3. The van der Waals surface area contributed by atoms with Crippen molar-refractivity contribution in [3.05, 3.63) is 95.8 Å². The maximum atomic E-state index is 14.0. The Morgan fingerprint density at radius 2 is 1.50 bits per heavy atom. The maximum absolute atomic E-state index is 14.0. The van der Waals surface area contributed by atoms with Gasteiger partial charge in [0.2, 0.25) is 0 Å². The highest BCUT2D eigenvalue weighted by molar-refractivity contribution is 5.35. The number of para-hydroxylation sites is 1. The van der Waals surface area contributed by atoms with Crippen molar-refractivity contribution in [2.45, 2.75) is 25.9 Å². The Morgan fingerprint density at radius 3 is 2.19 bits per heavy atom. The molecule has 0 spiro atoms. The first kappa shape index (κ1) is 18.2. The summed E-state index contributed by atoms with van der Waals surface area (Å²) >= 11 is 0. The first-order chi connectivity index (χ1) is 12.5. The van der Waals surface area contributed by atoms with Gasteiger partial charge in [0.15, 0.2) is 11.6 Å². The molecule has 0 aliphatic heterocycles. The minimum absolute atomic E-state index is 0.0926. The van der Waals surface area contributed by atoms with E-state index in [0.717, 1.165) is 5.56 Å². The molecule has 0 radical (unpaired) electrons. The summed E-state index contributed by atoms with van der Waals surface area (Å²) in [7, 11) is 0. The van der Waals surface area contributed by atoms with E-state index < -0.39 is 0 Å². The molecule has 0 saturated heterocycles. The Hall–Kier alpha value is -2.65. The van der Waals surface area contributed by atoms with Gasteiger partial charge in [-0.15, -0.1) is 0 Å². The molecule has 0 amide bonds. The second kappa shape index (κ2) is 8.15. The zero-order valence-electron chi connectivity index (χ0n) is 15.1. The van der Waals surface area contributed by atoms with Crippen LogP contribution in [0.1, 0.15) is 25.0 Å². The molecule has 0 saturated carbocycles. The van der Waals surface area contributed by atoms with Gasteiger partial charge in [0.1, 0.15) is 5.75 Å². The lowest BCUT2D eigenvalue weighted by molar-refractivity contribution is 0.0823. The predicted molar refractivity (Wildman–Crippen MR) is 102 cm³/mol. The van der Waals surface area contributed by atoms with Gasteiger partial charge in [-0.1, -0.05) is 68.4 Å². The average molecular weight is 350 g/mol. The molecule has 0 aliphatic rings. The fourth-order valence-corrected chi connectivity index (χ4v) is 2.73. The van der Waals surface area contributed by atoms with E-state index in [1.54, 1.807) is 24.3 Å². The van der Waals surface area contributed by atoms with Crippen LogP contribution in [0.3, 0.4) is 0 Å². The molecule has 0 aromatic heterocycles. The molecule has 0 unspecified atom stereocenters. The van der Waals surface area contributed by atoms with Gasteiger partial charge in [-0.2, -0.15) is 0 Å². The lowest BCUT2D eigenvalue weighted by atomic mass is 9.86. The molecule has 0 bridgehead atoms. The zero-order valence-corrected chi connectivity index (χ0v) is 15.1. The van der Waals surface area contributed by atoms with E-state index in [1.165, 1.54) is 11.6 Å². The van der Waals surface area contributed by atoms with Crippen molar-refractivity contribution in [1.29, 1.82) is 0 Å². The summed E-state index contributed by atoms with van der Waals surface area (Å²) in [6.07, 6.45) is 0. The lowest BCUT2D eigenvalue weighted by Gasteiger charge is -2.25. The van der Waals surface area contributed by atoms with Crippen LogP contribution < -0.4 is 4.74 Å². The van der Waals surface area contributed by atoms with Crippen LogP contribution in [0.15, 0.2) is 78.9 Å². The quantitative estimate of drug-likeness (QED) is 0.511. The Kier molecular flexibility index (Phi) is 5.69. The van der Waals surface area contributed by atoms with E-state index in [0.29, 0.717) is 19.0 Å². The summed E-state index contributed by atoms with van der Waals surface area (Å²) in [5.74, 6) is 0.427. The largest absolute Gasteiger partial charge is 0.454 e. The molecule has 0 atom stereocenters. The number of hydrogen-bond donors (Lipinski definition) is 0. The first-order valence-electron chi connectivity index (χ1n) is 8.69. The number of halogens is 1. The van der Waals surface area contributed by atoms with E-state index in [-0.39, 0.29) is 17.0 Å². The number of ether oxygens (including phenoxy) is 2. The highest BCUT2D eigenvalue weighted by Gasteiger charge is 2.20. The summed E-state index contributed by atoms with van der Waals surface area (Å²) in [4.78, 5) is 0. The van der Waals surface area contributed by atoms with Crippen molar-refractivity contribution < 1.29 is 13.9 Å².